The van der Waals surface area contributed by atoms with E-state index < -0.39 is 0 Å². The second-order valence-corrected chi connectivity index (χ2v) is 7.50. The van der Waals surface area contributed by atoms with Gasteiger partial charge in [-0.3, -0.25) is 4.79 Å². The Bertz CT molecular complexity index is 663. The molecule has 4 nitrogen and oxygen atoms in total. The molecule has 0 saturated carbocycles. The van der Waals surface area contributed by atoms with Gasteiger partial charge in [0.2, 0.25) is 5.91 Å². The summed E-state index contributed by atoms with van der Waals surface area (Å²) < 4.78 is 1.23. The van der Waals surface area contributed by atoms with Gasteiger partial charge in [0.15, 0.2) is 5.13 Å². The first-order valence-corrected chi connectivity index (χ1v) is 9.23. The quantitative estimate of drug-likeness (QED) is 0.859. The minimum Gasteiger partial charge on any atom is -0.342 e. The zero-order valence-corrected chi connectivity index (χ0v) is 15.1. The molecule has 124 valence electrons. The number of amides is 1. The summed E-state index contributed by atoms with van der Waals surface area (Å²) in [6.07, 6.45) is 4.76. The van der Waals surface area contributed by atoms with E-state index in [4.69, 9.17) is 4.98 Å². The molecular weight excluding hydrogens is 306 g/mol. The highest BCUT2D eigenvalue weighted by molar-refractivity contribution is 7.22. The molecule has 0 radical (unpaired) electrons. The Hall–Kier alpha value is -1.62. The zero-order valence-electron chi connectivity index (χ0n) is 14.3. The fourth-order valence-corrected chi connectivity index (χ4v) is 4.17. The average Bonchev–Trinajstić information content (AvgIpc) is 2.81. The van der Waals surface area contributed by atoms with Crippen molar-refractivity contribution in [1.29, 1.82) is 0 Å². The molecule has 5 heteroatoms. The second-order valence-electron chi connectivity index (χ2n) is 6.52. The van der Waals surface area contributed by atoms with Gasteiger partial charge in [0.1, 0.15) is 0 Å². The Morgan fingerprint density at radius 3 is 2.48 bits per heavy atom. The highest BCUT2D eigenvalue weighted by atomic mass is 32.1. The van der Waals surface area contributed by atoms with Gasteiger partial charge in [-0.05, 0) is 37.8 Å². The van der Waals surface area contributed by atoms with Crippen LogP contribution in [-0.4, -0.2) is 42.5 Å². The van der Waals surface area contributed by atoms with E-state index in [2.05, 4.69) is 26.0 Å². The van der Waals surface area contributed by atoms with E-state index >= 15 is 0 Å². The van der Waals surface area contributed by atoms with Crippen molar-refractivity contribution in [3.05, 3.63) is 23.3 Å². The van der Waals surface area contributed by atoms with E-state index in [1.54, 1.807) is 11.3 Å². The number of carbonyl (C=O) groups is 1. The summed E-state index contributed by atoms with van der Waals surface area (Å²) in [6.45, 7) is 6.44. The maximum absolute atomic E-state index is 12.5. The van der Waals surface area contributed by atoms with Crippen LogP contribution in [0.15, 0.2) is 12.1 Å². The molecule has 0 bridgehead atoms. The van der Waals surface area contributed by atoms with Crippen molar-refractivity contribution < 1.29 is 4.79 Å². The van der Waals surface area contributed by atoms with Crippen molar-refractivity contribution in [3.63, 3.8) is 0 Å². The van der Waals surface area contributed by atoms with E-state index in [0.29, 0.717) is 6.54 Å². The highest BCUT2D eigenvalue weighted by Gasteiger charge is 2.19. The molecule has 2 aromatic rings. The molecule has 0 aliphatic carbocycles. The summed E-state index contributed by atoms with van der Waals surface area (Å²) in [7, 11) is 1.97. The van der Waals surface area contributed by atoms with Gasteiger partial charge in [-0.15, -0.1) is 0 Å². The van der Waals surface area contributed by atoms with Gasteiger partial charge in [-0.2, -0.15) is 0 Å². The van der Waals surface area contributed by atoms with Crippen molar-refractivity contribution in [2.45, 2.75) is 39.5 Å². The number of rotatable bonds is 3. The number of hydrogen-bond donors (Lipinski definition) is 0. The lowest BCUT2D eigenvalue weighted by molar-refractivity contribution is -0.129. The van der Waals surface area contributed by atoms with Crippen LogP contribution in [0.25, 0.3) is 10.2 Å². The molecule has 1 saturated heterocycles. The minimum absolute atomic E-state index is 0.224. The molecule has 1 aliphatic heterocycles. The maximum Gasteiger partial charge on any atom is 0.242 e. The number of thiazole rings is 1. The van der Waals surface area contributed by atoms with E-state index in [1.807, 2.05) is 16.8 Å². The standard InChI is InChI=1S/C18H25N3OS/c1-13-8-9-14(2)17-16(13)19-18(23-17)20(3)12-15(22)21-10-6-4-5-7-11-21/h8-9H,4-7,10-12H2,1-3H3. The predicted molar refractivity (Wildman–Crippen MR) is 97.4 cm³/mol. The molecule has 2 heterocycles. The van der Waals surface area contributed by atoms with Crippen molar-refractivity contribution in [2.24, 2.45) is 0 Å². The molecule has 0 N–H and O–H groups in total. The van der Waals surface area contributed by atoms with Crippen LogP contribution in [0.5, 0.6) is 0 Å². The van der Waals surface area contributed by atoms with Crippen LogP contribution in [0, 0.1) is 13.8 Å². The molecule has 0 atom stereocenters. The van der Waals surface area contributed by atoms with Crippen LogP contribution < -0.4 is 4.90 Å². The first-order valence-electron chi connectivity index (χ1n) is 8.42. The number of hydrogen-bond acceptors (Lipinski definition) is 4. The lowest BCUT2D eigenvalue weighted by Gasteiger charge is -2.23. The average molecular weight is 331 g/mol. The van der Waals surface area contributed by atoms with Crippen LogP contribution in [-0.2, 0) is 4.79 Å². The van der Waals surface area contributed by atoms with Crippen LogP contribution >= 0.6 is 11.3 Å². The van der Waals surface area contributed by atoms with Crippen LogP contribution in [0.2, 0.25) is 0 Å². The monoisotopic (exact) mass is 331 g/mol. The molecule has 1 aromatic heterocycles. The third-order valence-corrected chi connectivity index (χ3v) is 5.89. The summed E-state index contributed by atoms with van der Waals surface area (Å²) >= 11 is 1.68. The zero-order chi connectivity index (χ0) is 16.4. The third-order valence-electron chi connectivity index (χ3n) is 4.59. The number of fused-ring (bicyclic) bond motifs is 1. The van der Waals surface area contributed by atoms with Crippen LogP contribution in [0.1, 0.15) is 36.8 Å². The Balaban J connectivity index is 1.75. The largest absolute Gasteiger partial charge is 0.342 e. The lowest BCUT2D eigenvalue weighted by Crippen LogP contribution is -2.39. The number of likely N-dealkylation sites (tertiary alicyclic amines) is 1. The number of likely N-dealkylation sites (N-methyl/N-ethyl adjacent to an activating group) is 1. The predicted octanol–water partition coefficient (Wildman–Crippen LogP) is 3.75. The molecule has 23 heavy (non-hydrogen) atoms. The first-order chi connectivity index (χ1) is 11.1. The van der Waals surface area contributed by atoms with E-state index in [1.165, 1.54) is 28.7 Å². The molecule has 1 amide bonds. The summed E-state index contributed by atoms with van der Waals surface area (Å²) in [5.41, 5.74) is 3.51. The maximum atomic E-state index is 12.5. The van der Waals surface area contributed by atoms with Gasteiger partial charge >= 0.3 is 0 Å². The summed E-state index contributed by atoms with van der Waals surface area (Å²) in [4.78, 5) is 21.3. The number of benzene rings is 1. The number of aryl methyl sites for hydroxylation is 2. The highest BCUT2D eigenvalue weighted by Crippen LogP contribution is 2.32. The minimum atomic E-state index is 0.224. The molecule has 1 aliphatic rings. The fraction of sp³-hybridized carbons (Fsp3) is 0.556. The van der Waals surface area contributed by atoms with Gasteiger partial charge in [-0.25, -0.2) is 4.98 Å². The first kappa shape index (κ1) is 16.2. The van der Waals surface area contributed by atoms with Gasteiger partial charge in [0.05, 0.1) is 16.8 Å². The molecule has 1 aromatic carbocycles. The molecule has 0 unspecified atom stereocenters. The van der Waals surface area contributed by atoms with Crippen LogP contribution in [0.4, 0.5) is 5.13 Å². The van der Waals surface area contributed by atoms with E-state index in [9.17, 15) is 4.79 Å². The Morgan fingerprint density at radius 1 is 1.17 bits per heavy atom. The van der Waals surface area contributed by atoms with Gasteiger partial charge in [0.25, 0.3) is 0 Å². The number of carbonyl (C=O) groups excluding carboxylic acids is 1. The van der Waals surface area contributed by atoms with Crippen LogP contribution in [0.3, 0.4) is 0 Å². The third kappa shape index (κ3) is 3.50. The molecule has 1 fully saturated rings. The lowest BCUT2D eigenvalue weighted by atomic mass is 10.1. The summed E-state index contributed by atoms with van der Waals surface area (Å²) in [5, 5.41) is 0.931. The van der Waals surface area contributed by atoms with E-state index in [-0.39, 0.29) is 5.91 Å². The van der Waals surface area contributed by atoms with Crippen molar-refractivity contribution in [2.75, 3.05) is 31.6 Å². The summed E-state index contributed by atoms with van der Waals surface area (Å²) in [5.74, 6) is 0.224. The second kappa shape index (κ2) is 6.87. The van der Waals surface area contributed by atoms with Gasteiger partial charge in [-0.1, -0.05) is 36.3 Å². The number of aromatic nitrogens is 1. The normalized spacial score (nSPS) is 15.7. The number of anilines is 1. The molecule has 3 rings (SSSR count). The van der Waals surface area contributed by atoms with Crippen molar-refractivity contribution in [1.82, 2.24) is 9.88 Å². The van der Waals surface area contributed by atoms with E-state index in [0.717, 1.165) is 36.6 Å². The van der Waals surface area contributed by atoms with Crippen molar-refractivity contribution >= 4 is 32.6 Å². The Labute approximate surface area is 142 Å². The molecule has 0 spiro atoms. The molecular formula is C18H25N3OS. The van der Waals surface area contributed by atoms with Crippen molar-refractivity contribution in [3.8, 4) is 0 Å². The summed E-state index contributed by atoms with van der Waals surface area (Å²) in [6, 6.07) is 4.26. The van der Waals surface area contributed by atoms with Gasteiger partial charge in [0, 0.05) is 20.1 Å². The fourth-order valence-electron chi connectivity index (χ4n) is 3.10. The topological polar surface area (TPSA) is 36.4 Å². The van der Waals surface area contributed by atoms with Gasteiger partial charge < -0.3 is 9.80 Å². The SMILES string of the molecule is Cc1ccc(C)c2sc(N(C)CC(=O)N3CCCCCC3)nc12. The number of nitrogens with zero attached hydrogens (tertiary/aromatic N) is 3. The Kier molecular flexibility index (Phi) is 4.85. The Morgan fingerprint density at radius 2 is 1.83 bits per heavy atom. The smallest absolute Gasteiger partial charge is 0.242 e.